The maximum absolute atomic E-state index is 13.2. The van der Waals surface area contributed by atoms with Crippen LogP contribution >= 0.6 is 0 Å². The van der Waals surface area contributed by atoms with Crippen LogP contribution < -0.4 is 16.0 Å². The summed E-state index contributed by atoms with van der Waals surface area (Å²) in [6.07, 6.45) is 1.35. The van der Waals surface area contributed by atoms with Crippen LogP contribution in [0.4, 0.5) is 10.2 Å². The number of hydrogen-bond acceptors (Lipinski definition) is 5. The van der Waals surface area contributed by atoms with Gasteiger partial charge in [0, 0.05) is 13.5 Å². The van der Waals surface area contributed by atoms with Crippen molar-refractivity contribution in [3.63, 3.8) is 0 Å². The number of pyridine rings is 1. The maximum atomic E-state index is 13.2. The first-order chi connectivity index (χ1) is 9.51. The number of nitrogens with one attached hydrogen (secondary N) is 3. The second-order valence-corrected chi connectivity index (χ2v) is 4.28. The molecular formula is C12H13FN4O3. The molecule has 1 unspecified atom stereocenters. The van der Waals surface area contributed by atoms with E-state index in [0.29, 0.717) is 0 Å². The number of nitrogens with zero attached hydrogens (tertiary/aromatic N) is 1. The number of amides is 3. The number of anilines is 1. The van der Waals surface area contributed by atoms with E-state index in [1.807, 2.05) is 0 Å². The molecule has 1 saturated heterocycles. The summed E-state index contributed by atoms with van der Waals surface area (Å²) in [5.41, 5.74) is -0.00259. The minimum atomic E-state index is -0.812. The fourth-order valence-corrected chi connectivity index (χ4v) is 1.88. The second-order valence-electron chi connectivity index (χ2n) is 4.28. The zero-order valence-corrected chi connectivity index (χ0v) is 10.7. The number of carbonyl (C=O) groups is 3. The van der Waals surface area contributed by atoms with Crippen molar-refractivity contribution in [3.8, 4) is 0 Å². The van der Waals surface area contributed by atoms with Gasteiger partial charge in [0.2, 0.25) is 11.8 Å². The summed E-state index contributed by atoms with van der Waals surface area (Å²) in [5.74, 6) is -2.02. The Bertz CT molecular complexity index is 576. The first-order valence-electron chi connectivity index (χ1n) is 5.99. The lowest BCUT2D eigenvalue weighted by atomic mass is 10.1. The molecule has 1 aromatic heterocycles. The van der Waals surface area contributed by atoms with Crippen molar-refractivity contribution >= 4 is 23.5 Å². The van der Waals surface area contributed by atoms with Gasteiger partial charge in [0.25, 0.3) is 5.91 Å². The molecule has 1 fully saturated rings. The zero-order valence-electron chi connectivity index (χ0n) is 10.7. The van der Waals surface area contributed by atoms with E-state index in [1.165, 1.54) is 0 Å². The van der Waals surface area contributed by atoms with Crippen molar-refractivity contribution < 1.29 is 18.8 Å². The molecule has 0 aromatic carbocycles. The Morgan fingerprint density at radius 2 is 2.25 bits per heavy atom. The molecule has 8 heteroatoms. The van der Waals surface area contributed by atoms with Crippen LogP contribution in [0.3, 0.4) is 0 Å². The molecular weight excluding hydrogens is 267 g/mol. The Morgan fingerprint density at radius 3 is 2.90 bits per heavy atom. The highest BCUT2D eigenvalue weighted by atomic mass is 19.1. The van der Waals surface area contributed by atoms with Gasteiger partial charge in [0.05, 0.1) is 11.8 Å². The summed E-state index contributed by atoms with van der Waals surface area (Å²) in [5, 5.41) is 7.25. The molecule has 0 aliphatic carbocycles. The van der Waals surface area contributed by atoms with Gasteiger partial charge in [-0.1, -0.05) is 0 Å². The average Bonchev–Trinajstić information content (AvgIpc) is 2.41. The highest BCUT2D eigenvalue weighted by molar-refractivity contribution is 6.05. The molecule has 7 nitrogen and oxygen atoms in total. The van der Waals surface area contributed by atoms with E-state index in [4.69, 9.17) is 0 Å². The summed E-state index contributed by atoms with van der Waals surface area (Å²) < 4.78 is 13.2. The summed E-state index contributed by atoms with van der Waals surface area (Å²) in [6.45, 7) is 0. The smallest absolute Gasteiger partial charge is 0.255 e. The van der Waals surface area contributed by atoms with Crippen LogP contribution in [0.25, 0.3) is 0 Å². The van der Waals surface area contributed by atoms with Crippen LogP contribution in [0, 0.1) is 5.82 Å². The van der Waals surface area contributed by atoms with E-state index >= 15 is 0 Å². The average molecular weight is 280 g/mol. The number of hydrogen-bond donors (Lipinski definition) is 3. The molecule has 3 amide bonds. The van der Waals surface area contributed by atoms with Crippen LogP contribution in [0.15, 0.2) is 12.3 Å². The first-order valence-corrected chi connectivity index (χ1v) is 5.99. The van der Waals surface area contributed by atoms with Crippen LogP contribution in [0.2, 0.25) is 0 Å². The van der Waals surface area contributed by atoms with E-state index in [9.17, 15) is 18.8 Å². The zero-order chi connectivity index (χ0) is 14.7. The maximum Gasteiger partial charge on any atom is 0.255 e. The lowest BCUT2D eigenvalue weighted by Gasteiger charge is -2.22. The second kappa shape index (κ2) is 5.64. The molecule has 1 aliphatic rings. The monoisotopic (exact) mass is 280 g/mol. The third kappa shape index (κ3) is 2.90. The molecule has 0 saturated carbocycles. The van der Waals surface area contributed by atoms with Crippen LogP contribution in [0.1, 0.15) is 23.2 Å². The summed E-state index contributed by atoms with van der Waals surface area (Å²) in [4.78, 5) is 38.3. The summed E-state index contributed by atoms with van der Waals surface area (Å²) in [7, 11) is 1.54. The molecule has 0 spiro atoms. The molecule has 1 aromatic rings. The SMILES string of the molecule is CNc1ncc(F)cc1C(=O)NC1CCC(=O)NC1=O. The molecule has 1 atom stereocenters. The Labute approximate surface area is 113 Å². The molecule has 106 valence electrons. The fraction of sp³-hybridized carbons (Fsp3) is 0.333. The van der Waals surface area contributed by atoms with E-state index in [1.54, 1.807) is 7.05 Å². The predicted octanol–water partition coefficient (Wildman–Crippen LogP) is -0.203. The van der Waals surface area contributed by atoms with Crippen molar-refractivity contribution in [3.05, 3.63) is 23.6 Å². The number of aromatic nitrogens is 1. The van der Waals surface area contributed by atoms with Crippen LogP contribution in [-0.2, 0) is 9.59 Å². The molecule has 2 heterocycles. The van der Waals surface area contributed by atoms with Gasteiger partial charge in [-0.15, -0.1) is 0 Å². The van der Waals surface area contributed by atoms with E-state index in [2.05, 4.69) is 20.9 Å². The molecule has 2 rings (SSSR count). The van der Waals surface area contributed by atoms with Gasteiger partial charge in [-0.25, -0.2) is 9.37 Å². The minimum Gasteiger partial charge on any atom is -0.372 e. The Balaban J connectivity index is 2.14. The van der Waals surface area contributed by atoms with E-state index in [0.717, 1.165) is 12.3 Å². The Hall–Kier alpha value is -2.51. The number of rotatable bonds is 3. The van der Waals surface area contributed by atoms with Gasteiger partial charge < -0.3 is 10.6 Å². The molecule has 20 heavy (non-hydrogen) atoms. The Kier molecular flexibility index (Phi) is 3.92. The lowest BCUT2D eigenvalue weighted by Crippen LogP contribution is -2.52. The number of piperidine rings is 1. The molecule has 0 bridgehead atoms. The van der Waals surface area contributed by atoms with Gasteiger partial charge in [-0.2, -0.15) is 0 Å². The minimum absolute atomic E-state index is 0.00259. The first kappa shape index (κ1) is 13.9. The number of imide groups is 1. The third-order valence-corrected chi connectivity index (χ3v) is 2.88. The van der Waals surface area contributed by atoms with E-state index in [-0.39, 0.29) is 30.1 Å². The van der Waals surface area contributed by atoms with Crippen molar-refractivity contribution in [1.82, 2.24) is 15.6 Å². The predicted molar refractivity (Wildman–Crippen MR) is 67.4 cm³/mol. The van der Waals surface area contributed by atoms with Crippen LogP contribution in [-0.4, -0.2) is 35.8 Å². The standard InChI is InChI=1S/C12H13FN4O3/c1-14-10-7(4-6(13)5-15-10)11(19)16-8-2-3-9(18)17-12(8)20/h4-5,8H,2-3H2,1H3,(H,14,15)(H,16,19)(H,17,18,20). The molecule has 1 aliphatic heterocycles. The Morgan fingerprint density at radius 1 is 1.50 bits per heavy atom. The van der Waals surface area contributed by atoms with Gasteiger partial charge >= 0.3 is 0 Å². The largest absolute Gasteiger partial charge is 0.372 e. The summed E-state index contributed by atoms with van der Waals surface area (Å²) in [6, 6.07) is 0.216. The van der Waals surface area contributed by atoms with Crippen LogP contribution in [0.5, 0.6) is 0 Å². The highest BCUT2D eigenvalue weighted by Gasteiger charge is 2.28. The summed E-state index contributed by atoms with van der Waals surface area (Å²) >= 11 is 0. The normalized spacial score (nSPS) is 18.4. The van der Waals surface area contributed by atoms with Crippen molar-refractivity contribution in [1.29, 1.82) is 0 Å². The van der Waals surface area contributed by atoms with Crippen molar-refractivity contribution in [2.75, 3.05) is 12.4 Å². The van der Waals surface area contributed by atoms with Gasteiger partial charge in [0.1, 0.15) is 17.7 Å². The van der Waals surface area contributed by atoms with Gasteiger partial charge in [0.15, 0.2) is 0 Å². The fourth-order valence-electron chi connectivity index (χ4n) is 1.88. The number of halogens is 1. The third-order valence-electron chi connectivity index (χ3n) is 2.88. The van der Waals surface area contributed by atoms with E-state index < -0.39 is 23.7 Å². The van der Waals surface area contributed by atoms with Gasteiger partial charge in [-0.05, 0) is 12.5 Å². The van der Waals surface area contributed by atoms with Gasteiger partial charge in [-0.3, -0.25) is 19.7 Å². The molecule has 3 N–H and O–H groups in total. The van der Waals surface area contributed by atoms with Crippen molar-refractivity contribution in [2.24, 2.45) is 0 Å². The topological polar surface area (TPSA) is 100 Å². The quantitative estimate of drug-likeness (QED) is 0.666. The lowest BCUT2D eigenvalue weighted by molar-refractivity contribution is -0.134. The number of carbonyl (C=O) groups excluding carboxylic acids is 3. The molecule has 0 radical (unpaired) electrons. The highest BCUT2D eigenvalue weighted by Crippen LogP contribution is 2.14. The van der Waals surface area contributed by atoms with Crippen molar-refractivity contribution in [2.45, 2.75) is 18.9 Å².